The van der Waals surface area contributed by atoms with Crippen molar-refractivity contribution in [3.63, 3.8) is 0 Å². The van der Waals surface area contributed by atoms with E-state index in [4.69, 9.17) is 16.3 Å². The molecule has 3 aromatic rings. The molecule has 0 aromatic heterocycles. The number of amides is 2. The van der Waals surface area contributed by atoms with Crippen molar-refractivity contribution in [1.82, 2.24) is 5.43 Å². The molecule has 0 unspecified atom stereocenters. The number of carbonyl (C=O) groups excluding carboxylic acids is 2. The fourth-order valence-corrected chi connectivity index (χ4v) is 3.05. The predicted octanol–water partition coefficient (Wildman–Crippen LogP) is 4.65. The lowest BCUT2D eigenvalue weighted by molar-refractivity contribution is -0.384. The van der Waals surface area contributed by atoms with Gasteiger partial charge >= 0.3 is 0 Å². The molecular formula is C24H21ClN4O5. The first-order valence-electron chi connectivity index (χ1n) is 10.1. The number of hydrazone groups is 1. The number of nitro benzene ring substituents is 1. The van der Waals surface area contributed by atoms with Crippen LogP contribution in [-0.2, 0) is 4.79 Å². The minimum Gasteiger partial charge on any atom is -0.483 e. The fraction of sp³-hybridized carbons (Fsp3) is 0.125. The summed E-state index contributed by atoms with van der Waals surface area (Å²) in [5.41, 5.74) is 5.71. The zero-order valence-electron chi connectivity index (χ0n) is 18.4. The van der Waals surface area contributed by atoms with E-state index in [2.05, 4.69) is 15.8 Å². The van der Waals surface area contributed by atoms with Gasteiger partial charge in [0.1, 0.15) is 5.75 Å². The number of nitro groups is 1. The van der Waals surface area contributed by atoms with Crippen molar-refractivity contribution < 1.29 is 19.2 Å². The van der Waals surface area contributed by atoms with Crippen molar-refractivity contribution in [3.05, 3.63) is 98.1 Å². The van der Waals surface area contributed by atoms with Gasteiger partial charge in [0.25, 0.3) is 17.5 Å². The number of halogens is 1. The molecule has 0 bridgehead atoms. The van der Waals surface area contributed by atoms with E-state index >= 15 is 0 Å². The largest absolute Gasteiger partial charge is 0.483 e. The van der Waals surface area contributed by atoms with Crippen molar-refractivity contribution >= 4 is 41.0 Å². The van der Waals surface area contributed by atoms with Crippen LogP contribution in [0.15, 0.2) is 65.8 Å². The van der Waals surface area contributed by atoms with Gasteiger partial charge in [-0.2, -0.15) is 5.10 Å². The van der Waals surface area contributed by atoms with Gasteiger partial charge in [-0.05, 0) is 67.4 Å². The average Bonchev–Trinajstić information content (AvgIpc) is 2.81. The number of hydrogen-bond acceptors (Lipinski definition) is 6. The second kappa shape index (κ2) is 11.1. The van der Waals surface area contributed by atoms with Crippen LogP contribution in [0.3, 0.4) is 0 Å². The standard InChI is InChI=1S/C24H21ClN4O5/c1-15-3-7-20(11-16(15)2)27-23(30)14-34-22-10-6-19(25)12-18(22)13-26-28-24(31)17-4-8-21(9-5-17)29(32)33/h3-13H,14H2,1-2H3,(H,27,30)(H,28,31)/b26-13+. The smallest absolute Gasteiger partial charge is 0.271 e. The summed E-state index contributed by atoms with van der Waals surface area (Å²) in [4.78, 5) is 34.7. The first kappa shape index (κ1) is 24.4. The van der Waals surface area contributed by atoms with Gasteiger partial charge in [-0.15, -0.1) is 0 Å². The molecule has 3 rings (SSSR count). The van der Waals surface area contributed by atoms with E-state index in [1.54, 1.807) is 18.2 Å². The summed E-state index contributed by atoms with van der Waals surface area (Å²) in [5, 5.41) is 17.8. The lowest BCUT2D eigenvalue weighted by Gasteiger charge is -2.11. The highest BCUT2D eigenvalue weighted by atomic mass is 35.5. The number of benzene rings is 3. The van der Waals surface area contributed by atoms with Crippen molar-refractivity contribution in [1.29, 1.82) is 0 Å². The molecule has 10 heteroatoms. The summed E-state index contributed by atoms with van der Waals surface area (Å²) in [6, 6.07) is 15.5. The van der Waals surface area contributed by atoms with Gasteiger partial charge in [0, 0.05) is 34.0 Å². The summed E-state index contributed by atoms with van der Waals surface area (Å²) in [5.74, 6) is -0.552. The number of rotatable bonds is 8. The highest BCUT2D eigenvalue weighted by Crippen LogP contribution is 2.22. The number of nitrogens with zero attached hydrogens (tertiary/aromatic N) is 2. The maximum atomic E-state index is 12.3. The Hall–Kier alpha value is -4.24. The van der Waals surface area contributed by atoms with Gasteiger partial charge < -0.3 is 10.1 Å². The van der Waals surface area contributed by atoms with E-state index in [0.29, 0.717) is 22.0 Å². The molecule has 174 valence electrons. The summed E-state index contributed by atoms with van der Waals surface area (Å²) < 4.78 is 5.62. The summed E-state index contributed by atoms with van der Waals surface area (Å²) >= 11 is 6.05. The summed E-state index contributed by atoms with van der Waals surface area (Å²) in [6.07, 6.45) is 1.33. The maximum absolute atomic E-state index is 12.3. The Kier molecular flexibility index (Phi) is 7.94. The number of hydrogen-bond donors (Lipinski definition) is 2. The molecule has 34 heavy (non-hydrogen) atoms. The molecule has 0 heterocycles. The highest BCUT2D eigenvalue weighted by molar-refractivity contribution is 6.30. The molecule has 2 amide bonds. The van der Waals surface area contributed by atoms with Crippen LogP contribution >= 0.6 is 11.6 Å². The Balaban J connectivity index is 1.61. The highest BCUT2D eigenvalue weighted by Gasteiger charge is 2.10. The molecule has 0 saturated carbocycles. The maximum Gasteiger partial charge on any atom is 0.271 e. The van der Waals surface area contributed by atoms with E-state index in [1.165, 1.54) is 30.5 Å². The van der Waals surface area contributed by atoms with E-state index in [-0.39, 0.29) is 23.8 Å². The molecule has 0 radical (unpaired) electrons. The molecule has 0 spiro atoms. The van der Waals surface area contributed by atoms with E-state index in [1.807, 2.05) is 32.0 Å². The van der Waals surface area contributed by atoms with Crippen molar-refractivity contribution in [2.75, 3.05) is 11.9 Å². The SMILES string of the molecule is Cc1ccc(NC(=O)COc2ccc(Cl)cc2/C=N/NC(=O)c2ccc([N+](=O)[O-])cc2)cc1C. The molecule has 3 aromatic carbocycles. The Morgan fingerprint density at radius 2 is 1.79 bits per heavy atom. The Morgan fingerprint density at radius 1 is 1.06 bits per heavy atom. The zero-order valence-corrected chi connectivity index (χ0v) is 19.1. The first-order valence-corrected chi connectivity index (χ1v) is 10.5. The van der Waals surface area contributed by atoms with Crippen LogP contribution in [0, 0.1) is 24.0 Å². The quantitative estimate of drug-likeness (QED) is 0.276. The number of anilines is 1. The third-order valence-corrected chi connectivity index (χ3v) is 5.07. The van der Waals surface area contributed by atoms with Gasteiger partial charge in [-0.25, -0.2) is 5.43 Å². The van der Waals surface area contributed by atoms with Crippen LogP contribution in [0.2, 0.25) is 5.02 Å². The van der Waals surface area contributed by atoms with Crippen LogP contribution < -0.4 is 15.5 Å². The second-order valence-corrected chi connectivity index (χ2v) is 7.76. The average molecular weight is 481 g/mol. The molecule has 0 saturated heterocycles. The first-order chi connectivity index (χ1) is 16.2. The molecule has 9 nitrogen and oxygen atoms in total. The van der Waals surface area contributed by atoms with Gasteiger partial charge in [0.15, 0.2) is 6.61 Å². The normalized spacial score (nSPS) is 10.7. The topological polar surface area (TPSA) is 123 Å². The zero-order chi connectivity index (χ0) is 24.7. The van der Waals surface area contributed by atoms with Gasteiger partial charge in [0.2, 0.25) is 0 Å². The summed E-state index contributed by atoms with van der Waals surface area (Å²) in [6.45, 7) is 3.70. The number of non-ortho nitro benzene ring substituents is 1. The Bertz CT molecular complexity index is 1260. The Morgan fingerprint density at radius 3 is 2.47 bits per heavy atom. The number of aryl methyl sites for hydroxylation is 2. The molecule has 2 N–H and O–H groups in total. The van der Waals surface area contributed by atoms with Gasteiger partial charge in [-0.3, -0.25) is 19.7 Å². The van der Waals surface area contributed by atoms with E-state index in [9.17, 15) is 19.7 Å². The van der Waals surface area contributed by atoms with Crippen LogP contribution in [0.4, 0.5) is 11.4 Å². The van der Waals surface area contributed by atoms with Crippen molar-refractivity contribution in [2.24, 2.45) is 5.10 Å². The van der Waals surface area contributed by atoms with Crippen LogP contribution in [0.5, 0.6) is 5.75 Å². The molecule has 0 aliphatic rings. The number of ether oxygens (including phenoxy) is 1. The molecule has 0 aliphatic carbocycles. The number of carbonyl (C=O) groups is 2. The molecule has 0 aliphatic heterocycles. The third kappa shape index (κ3) is 6.63. The molecule has 0 fully saturated rings. The van der Waals surface area contributed by atoms with Crippen molar-refractivity contribution in [3.8, 4) is 5.75 Å². The second-order valence-electron chi connectivity index (χ2n) is 7.32. The predicted molar refractivity (Wildman–Crippen MR) is 130 cm³/mol. The van der Waals surface area contributed by atoms with Crippen molar-refractivity contribution in [2.45, 2.75) is 13.8 Å². The Labute approximate surface area is 200 Å². The van der Waals surface area contributed by atoms with Gasteiger partial charge in [0.05, 0.1) is 11.1 Å². The lowest BCUT2D eigenvalue weighted by Crippen LogP contribution is -2.21. The minimum atomic E-state index is -0.553. The van der Waals surface area contributed by atoms with Gasteiger partial charge in [-0.1, -0.05) is 17.7 Å². The summed E-state index contributed by atoms with van der Waals surface area (Å²) in [7, 11) is 0. The van der Waals surface area contributed by atoms with E-state index < -0.39 is 10.8 Å². The molecular weight excluding hydrogens is 460 g/mol. The van der Waals surface area contributed by atoms with E-state index in [0.717, 1.165) is 11.1 Å². The van der Waals surface area contributed by atoms with Crippen LogP contribution in [0.1, 0.15) is 27.0 Å². The number of nitrogens with one attached hydrogen (secondary N) is 2. The lowest BCUT2D eigenvalue weighted by atomic mass is 10.1. The minimum absolute atomic E-state index is 0.123. The van der Waals surface area contributed by atoms with Crippen LogP contribution in [-0.4, -0.2) is 29.6 Å². The monoisotopic (exact) mass is 480 g/mol. The van der Waals surface area contributed by atoms with Crippen LogP contribution in [0.25, 0.3) is 0 Å². The third-order valence-electron chi connectivity index (χ3n) is 4.83. The molecule has 0 atom stereocenters. The fourth-order valence-electron chi connectivity index (χ4n) is 2.87.